The number of rotatable bonds is 9. The van der Waals surface area contributed by atoms with Gasteiger partial charge in [0.15, 0.2) is 0 Å². The average molecular weight is 317 g/mol. The summed E-state index contributed by atoms with van der Waals surface area (Å²) in [6.07, 6.45) is 3.11. The van der Waals surface area contributed by atoms with E-state index in [1.165, 1.54) is 0 Å². The highest BCUT2D eigenvalue weighted by Crippen LogP contribution is 2.28. The van der Waals surface area contributed by atoms with Gasteiger partial charge >= 0.3 is 0 Å². The second-order valence-electron chi connectivity index (χ2n) is 5.94. The highest BCUT2D eigenvalue weighted by Gasteiger charge is 2.28. The Labute approximate surface area is 138 Å². The molecule has 2 N–H and O–H groups in total. The number of hydrogen-bond donors (Lipinski definition) is 2. The van der Waals surface area contributed by atoms with Crippen LogP contribution in [0.25, 0.3) is 0 Å². The first-order chi connectivity index (χ1) is 11.1. The minimum Gasteiger partial charge on any atom is -0.372 e. The topological polar surface area (TPSA) is 61.4 Å². The maximum Gasteiger partial charge on any atom is 0.224 e. The first kappa shape index (κ1) is 17.3. The summed E-state index contributed by atoms with van der Waals surface area (Å²) in [5.41, 5.74) is 1.98. The Morgan fingerprint density at radius 2 is 1.78 bits per heavy atom. The lowest BCUT2D eigenvalue weighted by Gasteiger charge is -2.21. The molecule has 1 aromatic rings. The second kappa shape index (κ2) is 8.56. The van der Waals surface area contributed by atoms with Gasteiger partial charge in [0.1, 0.15) is 0 Å². The molecule has 2 rings (SSSR count). The molecule has 0 unspecified atom stereocenters. The van der Waals surface area contributed by atoms with Crippen LogP contribution in [-0.4, -0.2) is 31.4 Å². The van der Waals surface area contributed by atoms with E-state index in [1.807, 2.05) is 24.3 Å². The highest BCUT2D eigenvalue weighted by atomic mass is 16.2. The number of benzene rings is 1. The van der Waals surface area contributed by atoms with Crippen molar-refractivity contribution in [2.75, 3.05) is 29.9 Å². The van der Waals surface area contributed by atoms with Gasteiger partial charge in [0.2, 0.25) is 11.8 Å². The highest BCUT2D eigenvalue weighted by molar-refractivity contribution is 5.90. The lowest BCUT2D eigenvalue weighted by molar-refractivity contribution is -0.122. The van der Waals surface area contributed by atoms with Gasteiger partial charge in [-0.05, 0) is 57.4 Å². The van der Waals surface area contributed by atoms with E-state index in [9.17, 15) is 9.59 Å². The third kappa shape index (κ3) is 5.58. The number of nitrogens with zero attached hydrogens (tertiary/aromatic N) is 1. The number of anilines is 2. The molecule has 2 amide bonds. The van der Waals surface area contributed by atoms with Crippen LogP contribution in [0, 0.1) is 5.92 Å². The molecule has 0 aromatic heterocycles. The normalized spacial score (nSPS) is 13.5. The fraction of sp³-hybridized carbons (Fsp3) is 0.556. The van der Waals surface area contributed by atoms with Gasteiger partial charge in [-0.2, -0.15) is 0 Å². The lowest BCUT2D eigenvalue weighted by Crippen LogP contribution is -2.26. The fourth-order valence-corrected chi connectivity index (χ4v) is 2.52. The van der Waals surface area contributed by atoms with Crippen molar-refractivity contribution in [2.45, 2.75) is 39.5 Å². The van der Waals surface area contributed by atoms with Gasteiger partial charge in [-0.25, -0.2) is 0 Å². The van der Waals surface area contributed by atoms with Crippen LogP contribution in [0.1, 0.15) is 39.5 Å². The van der Waals surface area contributed by atoms with Gasteiger partial charge in [0.25, 0.3) is 0 Å². The fourth-order valence-electron chi connectivity index (χ4n) is 2.52. The third-order valence-corrected chi connectivity index (χ3v) is 4.11. The predicted molar refractivity (Wildman–Crippen MR) is 93.6 cm³/mol. The molecule has 0 atom stereocenters. The zero-order valence-electron chi connectivity index (χ0n) is 14.1. The van der Waals surface area contributed by atoms with Crippen molar-refractivity contribution in [3.05, 3.63) is 24.3 Å². The molecule has 1 aliphatic carbocycles. The van der Waals surface area contributed by atoms with Crippen LogP contribution in [0.3, 0.4) is 0 Å². The van der Waals surface area contributed by atoms with Crippen molar-refractivity contribution >= 4 is 23.2 Å². The van der Waals surface area contributed by atoms with E-state index in [4.69, 9.17) is 0 Å². The van der Waals surface area contributed by atoms with Gasteiger partial charge in [-0.15, -0.1) is 0 Å². The molecule has 5 heteroatoms. The van der Waals surface area contributed by atoms with E-state index in [2.05, 4.69) is 29.4 Å². The van der Waals surface area contributed by atoms with Gasteiger partial charge in [-0.3, -0.25) is 9.59 Å². The maximum atomic E-state index is 11.9. The summed E-state index contributed by atoms with van der Waals surface area (Å²) in [6.45, 7) is 6.76. The van der Waals surface area contributed by atoms with Crippen molar-refractivity contribution in [1.29, 1.82) is 0 Å². The summed E-state index contributed by atoms with van der Waals surface area (Å²) in [5.74, 6) is 0.354. The molecular weight excluding hydrogens is 290 g/mol. The van der Waals surface area contributed by atoms with Crippen molar-refractivity contribution in [3.63, 3.8) is 0 Å². The first-order valence-electron chi connectivity index (χ1n) is 8.56. The standard InChI is InChI=1S/C18H27N3O2/c1-3-21(4-2)16-11-9-15(10-12-16)20-17(22)6-5-13-19-18(23)14-7-8-14/h9-12,14H,3-8,13H2,1-2H3,(H,19,23)(H,20,22). The van der Waals surface area contributed by atoms with Crippen molar-refractivity contribution in [3.8, 4) is 0 Å². The summed E-state index contributed by atoms with van der Waals surface area (Å²) in [4.78, 5) is 25.6. The van der Waals surface area contributed by atoms with Gasteiger partial charge < -0.3 is 15.5 Å². The Hall–Kier alpha value is -2.04. The molecule has 0 heterocycles. The summed E-state index contributed by atoms with van der Waals surface area (Å²) in [6, 6.07) is 7.91. The van der Waals surface area contributed by atoms with E-state index in [-0.39, 0.29) is 17.7 Å². The molecule has 0 radical (unpaired) electrons. The Morgan fingerprint density at radius 1 is 1.13 bits per heavy atom. The number of carbonyl (C=O) groups excluding carboxylic acids is 2. The number of carbonyl (C=O) groups is 2. The Morgan fingerprint density at radius 3 is 2.35 bits per heavy atom. The molecule has 0 bridgehead atoms. The molecule has 1 saturated carbocycles. The van der Waals surface area contributed by atoms with E-state index < -0.39 is 0 Å². The summed E-state index contributed by atoms with van der Waals surface area (Å²) in [7, 11) is 0. The Balaban J connectivity index is 1.68. The molecule has 5 nitrogen and oxygen atoms in total. The zero-order chi connectivity index (χ0) is 16.7. The molecule has 0 spiro atoms. The molecule has 1 aliphatic rings. The molecule has 126 valence electrons. The molecular formula is C18H27N3O2. The van der Waals surface area contributed by atoms with Crippen LogP contribution in [0.5, 0.6) is 0 Å². The van der Waals surface area contributed by atoms with E-state index in [1.54, 1.807) is 0 Å². The van der Waals surface area contributed by atoms with Crippen LogP contribution in [0.4, 0.5) is 11.4 Å². The van der Waals surface area contributed by atoms with Gasteiger partial charge in [0, 0.05) is 43.3 Å². The first-order valence-corrected chi connectivity index (χ1v) is 8.56. The number of nitrogens with one attached hydrogen (secondary N) is 2. The molecule has 1 aromatic carbocycles. The molecule has 23 heavy (non-hydrogen) atoms. The average Bonchev–Trinajstić information content (AvgIpc) is 3.39. The summed E-state index contributed by atoms with van der Waals surface area (Å²) in [5, 5.41) is 5.77. The predicted octanol–water partition coefficient (Wildman–Crippen LogP) is 2.78. The van der Waals surface area contributed by atoms with Gasteiger partial charge in [0.05, 0.1) is 0 Å². The van der Waals surface area contributed by atoms with Crippen LogP contribution >= 0.6 is 0 Å². The Bertz CT molecular complexity index is 520. The van der Waals surface area contributed by atoms with Crippen molar-refractivity contribution < 1.29 is 9.59 Å². The van der Waals surface area contributed by atoms with E-state index >= 15 is 0 Å². The summed E-state index contributed by atoms with van der Waals surface area (Å²) < 4.78 is 0. The molecule has 0 saturated heterocycles. The van der Waals surface area contributed by atoms with E-state index in [0.717, 1.165) is 37.3 Å². The number of amides is 2. The van der Waals surface area contributed by atoms with E-state index in [0.29, 0.717) is 19.4 Å². The van der Waals surface area contributed by atoms with Crippen molar-refractivity contribution in [1.82, 2.24) is 5.32 Å². The maximum absolute atomic E-state index is 11.9. The third-order valence-electron chi connectivity index (χ3n) is 4.11. The Kier molecular flexibility index (Phi) is 6.44. The SMILES string of the molecule is CCN(CC)c1ccc(NC(=O)CCCNC(=O)C2CC2)cc1. The quantitative estimate of drug-likeness (QED) is 0.689. The van der Waals surface area contributed by atoms with Crippen LogP contribution in [0.15, 0.2) is 24.3 Å². The second-order valence-corrected chi connectivity index (χ2v) is 5.94. The lowest BCUT2D eigenvalue weighted by atomic mass is 10.2. The van der Waals surface area contributed by atoms with Gasteiger partial charge in [-0.1, -0.05) is 0 Å². The van der Waals surface area contributed by atoms with Crippen LogP contribution in [0.2, 0.25) is 0 Å². The largest absolute Gasteiger partial charge is 0.372 e. The minimum atomic E-state index is -0.0127. The van der Waals surface area contributed by atoms with Crippen molar-refractivity contribution in [2.24, 2.45) is 5.92 Å². The van der Waals surface area contributed by atoms with Crippen LogP contribution in [-0.2, 0) is 9.59 Å². The molecule has 0 aliphatic heterocycles. The monoisotopic (exact) mass is 317 g/mol. The van der Waals surface area contributed by atoms with Crippen LogP contribution < -0.4 is 15.5 Å². The molecule has 1 fully saturated rings. The zero-order valence-corrected chi connectivity index (χ0v) is 14.1. The number of hydrogen-bond acceptors (Lipinski definition) is 3. The smallest absolute Gasteiger partial charge is 0.224 e. The minimum absolute atomic E-state index is 0.0127. The summed E-state index contributed by atoms with van der Waals surface area (Å²) >= 11 is 0.